The van der Waals surface area contributed by atoms with E-state index in [4.69, 9.17) is 10.2 Å². The van der Waals surface area contributed by atoms with Crippen molar-refractivity contribution in [3.63, 3.8) is 0 Å². The summed E-state index contributed by atoms with van der Waals surface area (Å²) in [7, 11) is 0. The first-order chi connectivity index (χ1) is 10.2. The van der Waals surface area contributed by atoms with Crippen LogP contribution in [0, 0.1) is 0 Å². The van der Waals surface area contributed by atoms with Crippen LogP contribution in [0.2, 0.25) is 0 Å². The van der Waals surface area contributed by atoms with Crippen molar-refractivity contribution in [1.82, 2.24) is 15.0 Å². The van der Waals surface area contributed by atoms with Crippen LogP contribution in [-0.2, 0) is 0 Å². The lowest BCUT2D eigenvalue weighted by atomic mass is 10.5. The fourth-order valence-corrected chi connectivity index (χ4v) is 1.93. The van der Waals surface area contributed by atoms with E-state index in [0.29, 0.717) is 37.5 Å². The molecule has 0 aromatic carbocycles. The summed E-state index contributed by atoms with van der Waals surface area (Å²) in [5.41, 5.74) is 0. The third kappa shape index (κ3) is 4.98. The molecule has 0 saturated carbocycles. The maximum atomic E-state index is 9.15. The quantitative estimate of drug-likeness (QED) is 0.553. The van der Waals surface area contributed by atoms with Crippen molar-refractivity contribution < 1.29 is 10.2 Å². The molecule has 1 rings (SSSR count). The van der Waals surface area contributed by atoms with Gasteiger partial charge in [0.2, 0.25) is 17.8 Å². The zero-order valence-electron chi connectivity index (χ0n) is 13.1. The summed E-state index contributed by atoms with van der Waals surface area (Å²) in [5, 5.41) is 21.4. The Kier molecular flexibility index (Phi) is 7.70. The number of hydrogen-bond acceptors (Lipinski definition) is 8. The summed E-state index contributed by atoms with van der Waals surface area (Å²) in [5.74, 6) is 1.57. The molecule has 0 aliphatic carbocycles. The number of nitrogens with zero attached hydrogens (tertiary/aromatic N) is 5. The van der Waals surface area contributed by atoms with Gasteiger partial charge in [0.1, 0.15) is 0 Å². The molecular weight excluding hydrogens is 272 g/mol. The number of rotatable bonds is 10. The molecule has 0 aliphatic rings. The minimum absolute atomic E-state index is 0.0250. The van der Waals surface area contributed by atoms with Gasteiger partial charge in [-0.25, -0.2) is 0 Å². The lowest BCUT2D eigenvalue weighted by Gasteiger charge is -2.24. The van der Waals surface area contributed by atoms with E-state index in [1.54, 1.807) is 4.90 Å². The molecule has 1 aromatic heterocycles. The second-order valence-corrected chi connectivity index (χ2v) is 4.40. The first-order valence-electron chi connectivity index (χ1n) is 7.41. The third-order valence-electron chi connectivity index (χ3n) is 3.02. The second-order valence-electron chi connectivity index (χ2n) is 4.40. The van der Waals surface area contributed by atoms with Gasteiger partial charge in [-0.3, -0.25) is 0 Å². The first kappa shape index (κ1) is 17.4. The van der Waals surface area contributed by atoms with Crippen LogP contribution in [0.5, 0.6) is 0 Å². The Balaban J connectivity index is 3.15. The molecule has 120 valence electrons. The van der Waals surface area contributed by atoms with Crippen LogP contribution >= 0.6 is 0 Å². The van der Waals surface area contributed by atoms with Crippen molar-refractivity contribution in [3.05, 3.63) is 0 Å². The van der Waals surface area contributed by atoms with Gasteiger partial charge in [-0.2, -0.15) is 15.0 Å². The molecule has 8 nitrogen and oxygen atoms in total. The monoisotopic (exact) mass is 298 g/mol. The summed E-state index contributed by atoms with van der Waals surface area (Å²) in [6.45, 7) is 9.05. The Bertz CT molecular complexity index is 408. The molecule has 0 atom stereocenters. The Hall–Kier alpha value is -1.67. The van der Waals surface area contributed by atoms with E-state index < -0.39 is 0 Å². The summed E-state index contributed by atoms with van der Waals surface area (Å²) >= 11 is 0. The van der Waals surface area contributed by atoms with E-state index in [2.05, 4.69) is 20.3 Å². The molecule has 8 heteroatoms. The Morgan fingerprint density at radius 2 is 1.38 bits per heavy atom. The van der Waals surface area contributed by atoms with Crippen molar-refractivity contribution in [3.8, 4) is 0 Å². The van der Waals surface area contributed by atoms with E-state index in [1.807, 2.05) is 25.7 Å². The highest BCUT2D eigenvalue weighted by Gasteiger charge is 2.15. The number of aromatic nitrogens is 3. The van der Waals surface area contributed by atoms with E-state index in [0.717, 1.165) is 13.1 Å². The molecule has 0 bridgehead atoms. The zero-order valence-corrected chi connectivity index (χ0v) is 13.1. The van der Waals surface area contributed by atoms with Gasteiger partial charge < -0.3 is 25.3 Å². The van der Waals surface area contributed by atoms with Gasteiger partial charge in [0.25, 0.3) is 0 Å². The van der Waals surface area contributed by atoms with Gasteiger partial charge in [-0.1, -0.05) is 0 Å². The van der Waals surface area contributed by atoms with Crippen LogP contribution in [0.4, 0.5) is 17.8 Å². The number of hydrogen-bond donors (Lipinski definition) is 3. The van der Waals surface area contributed by atoms with Crippen LogP contribution < -0.4 is 15.1 Å². The number of aliphatic hydroxyl groups is 2. The van der Waals surface area contributed by atoms with Crippen molar-refractivity contribution >= 4 is 17.8 Å². The molecule has 3 N–H and O–H groups in total. The molecule has 1 aromatic rings. The molecule has 0 aliphatic heterocycles. The summed E-state index contributed by atoms with van der Waals surface area (Å²) in [4.78, 5) is 17.0. The van der Waals surface area contributed by atoms with Crippen LogP contribution in [-0.4, -0.2) is 71.1 Å². The van der Waals surface area contributed by atoms with Crippen molar-refractivity contribution in [1.29, 1.82) is 0 Å². The first-order valence-corrected chi connectivity index (χ1v) is 7.41. The van der Waals surface area contributed by atoms with Gasteiger partial charge in [-0.05, 0) is 20.8 Å². The lowest BCUT2D eigenvalue weighted by molar-refractivity contribution is 0.280. The molecule has 0 spiro atoms. The maximum Gasteiger partial charge on any atom is 0.232 e. The predicted molar refractivity (Wildman–Crippen MR) is 83.9 cm³/mol. The zero-order chi connectivity index (χ0) is 15.7. The highest BCUT2D eigenvalue weighted by atomic mass is 16.3. The van der Waals surface area contributed by atoms with E-state index >= 15 is 0 Å². The minimum atomic E-state index is -0.0250. The van der Waals surface area contributed by atoms with E-state index in [-0.39, 0.29) is 13.2 Å². The van der Waals surface area contributed by atoms with Gasteiger partial charge in [0.05, 0.1) is 13.2 Å². The van der Waals surface area contributed by atoms with Crippen molar-refractivity contribution in [2.45, 2.75) is 20.8 Å². The molecule has 1 heterocycles. The van der Waals surface area contributed by atoms with Gasteiger partial charge in [0, 0.05) is 32.7 Å². The van der Waals surface area contributed by atoms with Crippen molar-refractivity contribution in [2.75, 3.05) is 61.1 Å². The summed E-state index contributed by atoms with van der Waals surface area (Å²) in [6, 6.07) is 0. The normalized spacial score (nSPS) is 10.5. The molecule has 0 unspecified atom stereocenters. The maximum absolute atomic E-state index is 9.15. The molecule has 0 fully saturated rings. The lowest BCUT2D eigenvalue weighted by Crippen LogP contribution is -2.33. The van der Waals surface area contributed by atoms with E-state index in [9.17, 15) is 0 Å². The Morgan fingerprint density at radius 3 is 1.81 bits per heavy atom. The summed E-state index contributed by atoms with van der Waals surface area (Å²) < 4.78 is 0. The van der Waals surface area contributed by atoms with Crippen LogP contribution in [0.1, 0.15) is 20.8 Å². The molecule has 0 radical (unpaired) electrons. The Morgan fingerprint density at radius 1 is 0.857 bits per heavy atom. The number of anilines is 3. The number of aliphatic hydroxyl groups excluding tert-OH is 2. The van der Waals surface area contributed by atoms with Crippen molar-refractivity contribution in [2.24, 2.45) is 0 Å². The predicted octanol–water partition coefficient (Wildman–Crippen LogP) is -0.0594. The highest BCUT2D eigenvalue weighted by molar-refractivity contribution is 5.45. The fourth-order valence-electron chi connectivity index (χ4n) is 1.93. The van der Waals surface area contributed by atoms with Gasteiger partial charge in [0.15, 0.2) is 0 Å². The third-order valence-corrected chi connectivity index (χ3v) is 3.02. The topological polar surface area (TPSA) is 97.6 Å². The van der Waals surface area contributed by atoms with Gasteiger partial charge in [-0.15, -0.1) is 0 Å². The standard InChI is InChI=1S/C13H26N6O2/c1-4-14-11-15-12(18(5-2)6-3)17-13(16-11)19(7-9-20)8-10-21/h20-21H,4-10H2,1-3H3,(H,14,15,16,17). The molecule has 0 amide bonds. The second kappa shape index (κ2) is 9.30. The van der Waals surface area contributed by atoms with Crippen LogP contribution in [0.25, 0.3) is 0 Å². The smallest absolute Gasteiger partial charge is 0.232 e. The number of nitrogens with one attached hydrogen (secondary N) is 1. The van der Waals surface area contributed by atoms with Crippen LogP contribution in [0.3, 0.4) is 0 Å². The molecular formula is C13H26N6O2. The largest absolute Gasteiger partial charge is 0.395 e. The minimum Gasteiger partial charge on any atom is -0.395 e. The average molecular weight is 298 g/mol. The molecule has 21 heavy (non-hydrogen) atoms. The fraction of sp³-hybridized carbons (Fsp3) is 0.769. The van der Waals surface area contributed by atoms with Gasteiger partial charge >= 0.3 is 0 Å². The SMILES string of the molecule is CCNc1nc(N(CC)CC)nc(N(CCO)CCO)n1. The highest BCUT2D eigenvalue weighted by Crippen LogP contribution is 2.16. The Labute approximate surface area is 125 Å². The average Bonchev–Trinajstić information content (AvgIpc) is 2.48. The molecule has 0 saturated heterocycles. The summed E-state index contributed by atoms with van der Waals surface area (Å²) in [6.07, 6.45) is 0. The van der Waals surface area contributed by atoms with E-state index in [1.165, 1.54) is 0 Å². The van der Waals surface area contributed by atoms with Crippen LogP contribution in [0.15, 0.2) is 0 Å².